The van der Waals surface area contributed by atoms with E-state index in [9.17, 15) is 9.59 Å². The smallest absolute Gasteiger partial charge is 0.262 e. The summed E-state index contributed by atoms with van der Waals surface area (Å²) >= 11 is 5.87. The molecule has 0 heterocycles. The SMILES string of the molecule is CCCCOc1ccc(C=NNC(=O)C(NC(=O)c2ccc(Cl)cc2)C(C)C)cc1OCC. The number of hydrazone groups is 1. The lowest BCUT2D eigenvalue weighted by Gasteiger charge is -2.20. The fraction of sp³-hybridized carbons (Fsp3) is 0.400. The van der Waals surface area contributed by atoms with Crippen LogP contribution in [-0.2, 0) is 4.79 Å². The van der Waals surface area contributed by atoms with Gasteiger partial charge in [-0.2, -0.15) is 5.10 Å². The molecule has 2 aromatic carbocycles. The van der Waals surface area contributed by atoms with E-state index in [0.29, 0.717) is 35.3 Å². The summed E-state index contributed by atoms with van der Waals surface area (Å²) in [6.07, 6.45) is 3.53. The van der Waals surface area contributed by atoms with Gasteiger partial charge in [0, 0.05) is 10.6 Å². The Kier molecular flexibility index (Phi) is 10.7. The number of hydrogen-bond donors (Lipinski definition) is 2. The zero-order valence-electron chi connectivity index (χ0n) is 19.6. The summed E-state index contributed by atoms with van der Waals surface area (Å²) in [6.45, 7) is 8.83. The average Bonchev–Trinajstić information content (AvgIpc) is 2.79. The molecule has 1 atom stereocenters. The normalized spacial score (nSPS) is 11.9. The summed E-state index contributed by atoms with van der Waals surface area (Å²) in [5, 5.41) is 7.34. The van der Waals surface area contributed by atoms with Crippen molar-refractivity contribution < 1.29 is 19.1 Å². The van der Waals surface area contributed by atoms with Gasteiger partial charge in [0.1, 0.15) is 6.04 Å². The molecule has 8 heteroatoms. The lowest BCUT2D eigenvalue weighted by atomic mass is 10.0. The highest BCUT2D eigenvalue weighted by atomic mass is 35.5. The number of nitrogens with zero attached hydrogens (tertiary/aromatic N) is 1. The van der Waals surface area contributed by atoms with Crippen molar-refractivity contribution in [2.45, 2.75) is 46.6 Å². The number of rotatable bonds is 12. The molecule has 2 N–H and O–H groups in total. The first kappa shape index (κ1) is 26.2. The third kappa shape index (κ3) is 8.42. The molecular weight excluding hydrogens is 442 g/mol. The number of amides is 2. The summed E-state index contributed by atoms with van der Waals surface area (Å²) in [4.78, 5) is 25.2. The van der Waals surface area contributed by atoms with Gasteiger partial charge in [-0.3, -0.25) is 9.59 Å². The van der Waals surface area contributed by atoms with Gasteiger partial charge in [-0.15, -0.1) is 0 Å². The standard InChI is InChI=1S/C25H32ClN3O4/c1-5-7-14-33-21-13-8-18(15-22(21)32-6-2)16-27-29-25(31)23(17(3)4)28-24(30)19-9-11-20(26)12-10-19/h8-13,15-17,23H,5-7,14H2,1-4H3,(H,28,30)(H,29,31). The number of carbonyl (C=O) groups excluding carboxylic acids is 2. The van der Waals surface area contributed by atoms with Crippen molar-refractivity contribution in [1.82, 2.24) is 10.7 Å². The maximum Gasteiger partial charge on any atom is 0.262 e. The van der Waals surface area contributed by atoms with Crippen LogP contribution in [0.3, 0.4) is 0 Å². The van der Waals surface area contributed by atoms with Crippen LogP contribution in [0.15, 0.2) is 47.6 Å². The Balaban J connectivity index is 2.02. The van der Waals surface area contributed by atoms with Gasteiger partial charge in [0.15, 0.2) is 11.5 Å². The van der Waals surface area contributed by atoms with Gasteiger partial charge in [-0.25, -0.2) is 5.43 Å². The van der Waals surface area contributed by atoms with Gasteiger partial charge in [0.2, 0.25) is 0 Å². The Hall–Kier alpha value is -3.06. The van der Waals surface area contributed by atoms with Crippen molar-refractivity contribution in [3.8, 4) is 11.5 Å². The van der Waals surface area contributed by atoms with Gasteiger partial charge in [-0.05, 0) is 67.3 Å². The minimum atomic E-state index is -0.751. The van der Waals surface area contributed by atoms with Crippen LogP contribution >= 0.6 is 11.6 Å². The van der Waals surface area contributed by atoms with Gasteiger partial charge in [-0.1, -0.05) is 38.8 Å². The Labute approximate surface area is 200 Å². The summed E-state index contributed by atoms with van der Waals surface area (Å²) < 4.78 is 11.4. The van der Waals surface area contributed by atoms with Crippen LogP contribution < -0.4 is 20.2 Å². The largest absolute Gasteiger partial charge is 0.490 e. The van der Waals surface area contributed by atoms with Gasteiger partial charge in [0.05, 0.1) is 19.4 Å². The van der Waals surface area contributed by atoms with Crippen LogP contribution in [0.1, 0.15) is 56.5 Å². The van der Waals surface area contributed by atoms with Crippen molar-refractivity contribution >= 4 is 29.6 Å². The van der Waals surface area contributed by atoms with Crippen molar-refractivity contribution in [2.75, 3.05) is 13.2 Å². The highest BCUT2D eigenvalue weighted by molar-refractivity contribution is 6.30. The minimum Gasteiger partial charge on any atom is -0.490 e. The first-order valence-corrected chi connectivity index (χ1v) is 11.5. The number of halogens is 1. The summed E-state index contributed by atoms with van der Waals surface area (Å²) in [7, 11) is 0. The Morgan fingerprint density at radius 1 is 1.06 bits per heavy atom. The van der Waals surface area contributed by atoms with Gasteiger partial charge in [0.25, 0.3) is 11.8 Å². The Morgan fingerprint density at radius 3 is 2.42 bits per heavy atom. The van der Waals surface area contributed by atoms with E-state index < -0.39 is 11.9 Å². The molecule has 7 nitrogen and oxygen atoms in total. The van der Waals surface area contributed by atoms with Crippen LogP contribution in [0.4, 0.5) is 0 Å². The number of carbonyl (C=O) groups is 2. The second-order valence-corrected chi connectivity index (χ2v) is 8.21. The monoisotopic (exact) mass is 473 g/mol. The molecule has 178 valence electrons. The highest BCUT2D eigenvalue weighted by Crippen LogP contribution is 2.28. The van der Waals surface area contributed by atoms with Crippen molar-refractivity contribution in [3.05, 3.63) is 58.6 Å². The van der Waals surface area contributed by atoms with E-state index >= 15 is 0 Å². The molecule has 0 aromatic heterocycles. The lowest BCUT2D eigenvalue weighted by Crippen LogP contribution is -2.48. The zero-order chi connectivity index (χ0) is 24.2. The number of hydrogen-bond acceptors (Lipinski definition) is 5. The molecular formula is C25H32ClN3O4. The molecule has 2 aromatic rings. The van der Waals surface area contributed by atoms with E-state index in [1.165, 1.54) is 6.21 Å². The van der Waals surface area contributed by atoms with Crippen LogP contribution in [0, 0.1) is 5.92 Å². The Bertz CT molecular complexity index is 945. The van der Waals surface area contributed by atoms with Crippen molar-refractivity contribution in [3.63, 3.8) is 0 Å². The predicted octanol–water partition coefficient (Wildman–Crippen LogP) is 4.82. The van der Waals surface area contributed by atoms with E-state index in [2.05, 4.69) is 22.8 Å². The first-order valence-electron chi connectivity index (χ1n) is 11.1. The predicted molar refractivity (Wildman–Crippen MR) is 131 cm³/mol. The lowest BCUT2D eigenvalue weighted by molar-refractivity contribution is -0.123. The molecule has 1 unspecified atom stereocenters. The fourth-order valence-electron chi connectivity index (χ4n) is 2.92. The van der Waals surface area contributed by atoms with E-state index in [0.717, 1.165) is 18.4 Å². The van der Waals surface area contributed by atoms with Crippen molar-refractivity contribution in [2.24, 2.45) is 11.0 Å². The highest BCUT2D eigenvalue weighted by Gasteiger charge is 2.24. The van der Waals surface area contributed by atoms with E-state index in [4.69, 9.17) is 21.1 Å². The Morgan fingerprint density at radius 2 is 1.79 bits per heavy atom. The van der Waals surface area contributed by atoms with E-state index in [1.807, 2.05) is 39.0 Å². The topological polar surface area (TPSA) is 89.0 Å². The van der Waals surface area contributed by atoms with Gasteiger partial charge >= 0.3 is 0 Å². The molecule has 0 aliphatic carbocycles. The molecule has 0 saturated heterocycles. The molecule has 33 heavy (non-hydrogen) atoms. The second kappa shape index (κ2) is 13.5. The molecule has 2 rings (SSSR count). The first-order chi connectivity index (χ1) is 15.8. The van der Waals surface area contributed by atoms with Crippen LogP contribution in [-0.4, -0.2) is 37.3 Å². The van der Waals surface area contributed by atoms with E-state index in [1.54, 1.807) is 24.3 Å². The molecule has 0 aliphatic heterocycles. The van der Waals surface area contributed by atoms with Crippen LogP contribution in [0.2, 0.25) is 5.02 Å². The quantitative estimate of drug-likeness (QED) is 0.262. The molecule has 0 fully saturated rings. The molecule has 0 saturated carbocycles. The zero-order valence-corrected chi connectivity index (χ0v) is 20.3. The third-order valence-electron chi connectivity index (χ3n) is 4.75. The van der Waals surface area contributed by atoms with E-state index in [-0.39, 0.29) is 11.8 Å². The molecule has 0 aliphatic rings. The molecule has 0 spiro atoms. The van der Waals surface area contributed by atoms with Crippen molar-refractivity contribution in [1.29, 1.82) is 0 Å². The summed E-state index contributed by atoms with van der Waals surface area (Å²) in [5.74, 6) is 0.397. The number of nitrogens with one attached hydrogen (secondary N) is 2. The van der Waals surface area contributed by atoms with Crippen LogP contribution in [0.5, 0.6) is 11.5 Å². The maximum absolute atomic E-state index is 12.7. The number of benzene rings is 2. The average molecular weight is 474 g/mol. The number of unbranched alkanes of at least 4 members (excludes halogenated alkanes) is 1. The molecule has 0 bridgehead atoms. The number of ether oxygens (including phenoxy) is 2. The maximum atomic E-state index is 12.7. The fourth-order valence-corrected chi connectivity index (χ4v) is 3.05. The molecule has 2 amide bonds. The summed E-state index contributed by atoms with van der Waals surface area (Å²) in [5.41, 5.74) is 3.67. The summed E-state index contributed by atoms with van der Waals surface area (Å²) in [6, 6.07) is 11.2. The third-order valence-corrected chi connectivity index (χ3v) is 5.01. The van der Waals surface area contributed by atoms with Crippen LogP contribution in [0.25, 0.3) is 0 Å². The van der Waals surface area contributed by atoms with Gasteiger partial charge < -0.3 is 14.8 Å². The second-order valence-electron chi connectivity index (χ2n) is 7.78. The molecule has 0 radical (unpaired) electrons. The minimum absolute atomic E-state index is 0.138.